The number of aliphatic hydroxyl groups is 2. The van der Waals surface area contributed by atoms with E-state index < -0.39 is 17.8 Å². The van der Waals surface area contributed by atoms with Crippen molar-refractivity contribution in [3.05, 3.63) is 0 Å². The molecule has 1 fully saturated rings. The molecule has 1 rings (SSSR count). The monoisotopic (exact) mass is 304 g/mol. The molecule has 2 atom stereocenters. The van der Waals surface area contributed by atoms with Crippen molar-refractivity contribution in [3.8, 4) is 0 Å². The summed E-state index contributed by atoms with van der Waals surface area (Å²) in [6, 6.07) is -0.316. The van der Waals surface area contributed by atoms with Crippen LogP contribution < -0.4 is 0 Å². The Kier molecular flexibility index (Phi) is 6.86. The van der Waals surface area contributed by atoms with Crippen molar-refractivity contribution in [2.24, 2.45) is 0 Å². The molecule has 2 unspecified atom stereocenters. The predicted molar refractivity (Wildman–Crippen MR) is 78.1 cm³/mol. The second kappa shape index (κ2) is 7.93. The zero-order chi connectivity index (χ0) is 16.0. The third-order valence-corrected chi connectivity index (χ3v) is 3.23. The maximum atomic E-state index is 12.1. The maximum absolute atomic E-state index is 12.1. The summed E-state index contributed by atoms with van der Waals surface area (Å²) in [4.78, 5) is 15.7. The quantitative estimate of drug-likeness (QED) is 0.738. The van der Waals surface area contributed by atoms with E-state index in [0.29, 0.717) is 26.2 Å². The summed E-state index contributed by atoms with van der Waals surface area (Å²) in [5, 5.41) is 19.3. The molecular weight excluding hydrogens is 276 g/mol. The number of aliphatic hydroxyl groups excluding tert-OH is 2. The molecule has 0 aromatic heterocycles. The fourth-order valence-electron chi connectivity index (χ4n) is 2.35. The Bertz CT molecular complexity index is 332. The van der Waals surface area contributed by atoms with Crippen LogP contribution in [-0.2, 0) is 9.47 Å². The van der Waals surface area contributed by atoms with Gasteiger partial charge in [-0.2, -0.15) is 0 Å². The van der Waals surface area contributed by atoms with Gasteiger partial charge in [-0.3, -0.25) is 4.90 Å². The number of carbonyl (C=O) groups is 1. The third kappa shape index (κ3) is 6.17. The van der Waals surface area contributed by atoms with E-state index in [1.807, 2.05) is 25.7 Å². The van der Waals surface area contributed by atoms with E-state index in [1.165, 1.54) is 0 Å². The highest BCUT2D eigenvalue weighted by Gasteiger charge is 2.33. The molecule has 21 heavy (non-hydrogen) atoms. The zero-order valence-electron chi connectivity index (χ0n) is 13.4. The number of ether oxygens (including phenoxy) is 2. The Hall–Kier alpha value is -0.890. The van der Waals surface area contributed by atoms with Crippen LogP contribution in [0.15, 0.2) is 0 Å². The van der Waals surface area contributed by atoms with E-state index in [4.69, 9.17) is 9.47 Å². The van der Waals surface area contributed by atoms with E-state index in [0.717, 1.165) is 0 Å². The molecule has 7 heteroatoms. The van der Waals surface area contributed by atoms with Gasteiger partial charge in [-0.25, -0.2) is 4.79 Å². The molecule has 0 radical (unpaired) electrons. The van der Waals surface area contributed by atoms with E-state index in [-0.39, 0.29) is 19.3 Å². The molecule has 1 saturated heterocycles. The van der Waals surface area contributed by atoms with Gasteiger partial charge in [-0.05, 0) is 20.8 Å². The fraction of sp³-hybridized carbons (Fsp3) is 0.929. The second-order valence-corrected chi connectivity index (χ2v) is 6.38. The number of piperazine rings is 1. The molecule has 7 nitrogen and oxygen atoms in total. The summed E-state index contributed by atoms with van der Waals surface area (Å²) in [5.74, 6) is 0. The summed E-state index contributed by atoms with van der Waals surface area (Å²) >= 11 is 0. The zero-order valence-corrected chi connectivity index (χ0v) is 13.4. The molecule has 1 amide bonds. The van der Waals surface area contributed by atoms with Crippen LogP contribution in [0.25, 0.3) is 0 Å². The topological polar surface area (TPSA) is 82.5 Å². The van der Waals surface area contributed by atoms with Crippen LogP contribution in [0, 0.1) is 0 Å². The van der Waals surface area contributed by atoms with Crippen LogP contribution in [-0.4, -0.2) is 90.4 Å². The van der Waals surface area contributed by atoms with Gasteiger partial charge in [-0.15, -0.1) is 0 Å². The largest absolute Gasteiger partial charge is 0.444 e. The van der Waals surface area contributed by atoms with E-state index in [1.54, 1.807) is 12.0 Å². The second-order valence-electron chi connectivity index (χ2n) is 6.38. The van der Waals surface area contributed by atoms with Crippen molar-refractivity contribution < 1.29 is 24.5 Å². The predicted octanol–water partition coefficient (Wildman–Crippen LogP) is -0.0927. The lowest BCUT2D eigenvalue weighted by molar-refractivity contribution is -0.0236. The number of rotatable bonds is 5. The summed E-state index contributed by atoms with van der Waals surface area (Å²) < 4.78 is 10.3. The molecule has 1 aliphatic rings. The van der Waals surface area contributed by atoms with Crippen molar-refractivity contribution in [1.82, 2.24) is 9.80 Å². The fourth-order valence-corrected chi connectivity index (χ4v) is 2.35. The van der Waals surface area contributed by atoms with Gasteiger partial charge in [0.15, 0.2) is 0 Å². The Balaban J connectivity index is 2.55. The average molecular weight is 304 g/mol. The van der Waals surface area contributed by atoms with Crippen molar-refractivity contribution in [3.63, 3.8) is 0 Å². The number of hydrogen-bond donors (Lipinski definition) is 2. The van der Waals surface area contributed by atoms with Gasteiger partial charge in [0.25, 0.3) is 0 Å². The standard InChI is InChI=1S/C14H28N2O5/c1-14(2,3)21-13(19)16-6-5-15(7-11(16)9-17)8-12(18)10-20-4/h11-12,17-18H,5-10H2,1-4H3. The lowest BCUT2D eigenvalue weighted by Crippen LogP contribution is -2.58. The minimum Gasteiger partial charge on any atom is -0.444 e. The van der Waals surface area contributed by atoms with Crippen molar-refractivity contribution >= 4 is 6.09 Å². The Morgan fingerprint density at radius 3 is 2.57 bits per heavy atom. The SMILES string of the molecule is COCC(O)CN1CCN(C(=O)OC(C)(C)C)C(CO)C1. The molecule has 0 aromatic carbocycles. The normalized spacial score (nSPS) is 22.2. The Morgan fingerprint density at radius 2 is 2.05 bits per heavy atom. The van der Waals surface area contributed by atoms with Gasteiger partial charge >= 0.3 is 6.09 Å². The lowest BCUT2D eigenvalue weighted by Gasteiger charge is -2.41. The third-order valence-electron chi connectivity index (χ3n) is 3.23. The van der Waals surface area contributed by atoms with Gasteiger partial charge in [0.05, 0.1) is 25.4 Å². The Morgan fingerprint density at radius 1 is 1.38 bits per heavy atom. The molecular formula is C14H28N2O5. The molecule has 0 saturated carbocycles. The van der Waals surface area contributed by atoms with Gasteiger partial charge < -0.3 is 24.6 Å². The van der Waals surface area contributed by atoms with Crippen molar-refractivity contribution in [2.75, 3.05) is 46.5 Å². The number of carbonyl (C=O) groups excluding carboxylic acids is 1. The first-order valence-electron chi connectivity index (χ1n) is 7.26. The molecule has 0 bridgehead atoms. The number of methoxy groups -OCH3 is 1. The maximum Gasteiger partial charge on any atom is 0.410 e. The minimum atomic E-state index is -0.567. The highest BCUT2D eigenvalue weighted by atomic mass is 16.6. The van der Waals surface area contributed by atoms with Crippen molar-refractivity contribution in [2.45, 2.75) is 38.5 Å². The summed E-state index contributed by atoms with van der Waals surface area (Å²) in [7, 11) is 1.54. The number of hydrogen-bond acceptors (Lipinski definition) is 6. The molecule has 1 aliphatic heterocycles. The first-order valence-corrected chi connectivity index (χ1v) is 7.26. The minimum absolute atomic E-state index is 0.129. The van der Waals surface area contributed by atoms with Gasteiger partial charge in [0, 0.05) is 33.3 Å². The molecule has 0 aromatic rings. The molecule has 1 heterocycles. The number of β-amino-alcohol motifs (C(OH)–C–C–N with tert-alkyl or cyclic N) is 1. The van der Waals surface area contributed by atoms with Crippen LogP contribution in [0.3, 0.4) is 0 Å². The average Bonchev–Trinajstić information content (AvgIpc) is 2.36. The van der Waals surface area contributed by atoms with Gasteiger partial charge in [0.2, 0.25) is 0 Å². The van der Waals surface area contributed by atoms with E-state index >= 15 is 0 Å². The molecule has 0 spiro atoms. The lowest BCUT2D eigenvalue weighted by atomic mass is 10.1. The highest BCUT2D eigenvalue weighted by molar-refractivity contribution is 5.68. The van der Waals surface area contributed by atoms with E-state index in [9.17, 15) is 15.0 Å². The van der Waals surface area contributed by atoms with E-state index in [2.05, 4.69) is 0 Å². The molecule has 124 valence electrons. The Labute approximate surface area is 126 Å². The summed E-state index contributed by atoms with van der Waals surface area (Å²) in [6.45, 7) is 7.67. The number of amides is 1. The first kappa shape index (κ1) is 18.2. The highest BCUT2D eigenvalue weighted by Crippen LogP contribution is 2.16. The summed E-state index contributed by atoms with van der Waals surface area (Å²) in [6.07, 6.45) is -0.971. The van der Waals surface area contributed by atoms with Crippen LogP contribution in [0.1, 0.15) is 20.8 Å². The summed E-state index contributed by atoms with van der Waals surface area (Å²) in [5.41, 5.74) is -0.553. The molecule has 0 aliphatic carbocycles. The van der Waals surface area contributed by atoms with Crippen LogP contribution in [0.4, 0.5) is 4.79 Å². The first-order chi connectivity index (χ1) is 9.76. The van der Waals surface area contributed by atoms with Gasteiger partial charge in [-0.1, -0.05) is 0 Å². The van der Waals surface area contributed by atoms with Crippen LogP contribution >= 0.6 is 0 Å². The van der Waals surface area contributed by atoms with Crippen LogP contribution in [0.5, 0.6) is 0 Å². The van der Waals surface area contributed by atoms with Crippen LogP contribution in [0.2, 0.25) is 0 Å². The molecule has 2 N–H and O–H groups in total. The number of nitrogens with zero attached hydrogens (tertiary/aromatic N) is 2. The van der Waals surface area contributed by atoms with Gasteiger partial charge in [0.1, 0.15) is 5.60 Å². The van der Waals surface area contributed by atoms with Crippen molar-refractivity contribution in [1.29, 1.82) is 0 Å². The smallest absolute Gasteiger partial charge is 0.410 e.